The number of hydrogen-bond donors (Lipinski definition) is 2. The van der Waals surface area contributed by atoms with Crippen molar-refractivity contribution in [2.45, 2.75) is 43.0 Å². The summed E-state index contributed by atoms with van der Waals surface area (Å²) in [5.74, 6) is 0.655. The molecule has 1 fully saturated rings. The summed E-state index contributed by atoms with van der Waals surface area (Å²) in [4.78, 5) is 17.4. The van der Waals surface area contributed by atoms with Crippen molar-refractivity contribution < 1.29 is 22.7 Å². The maximum absolute atomic E-state index is 13.0. The number of carbonyl (C=O) groups excluding carboxylic acids is 1. The van der Waals surface area contributed by atoms with E-state index in [0.717, 1.165) is 54.7 Å². The van der Waals surface area contributed by atoms with Crippen LogP contribution in [0, 0.1) is 0 Å². The first-order valence-electron chi connectivity index (χ1n) is 11.2. The molecule has 178 valence electrons. The van der Waals surface area contributed by atoms with Crippen LogP contribution in [0.1, 0.15) is 41.6 Å². The molecule has 1 aromatic heterocycles. The molecule has 1 aliphatic heterocycles. The highest BCUT2D eigenvalue weighted by Gasteiger charge is 2.27. The second kappa shape index (κ2) is 9.36. The number of fused-ring (bicyclic) bond motifs is 1. The Morgan fingerprint density at radius 2 is 2.00 bits per heavy atom. The number of ether oxygens (including phenoxy) is 2. The van der Waals surface area contributed by atoms with E-state index < -0.39 is 15.9 Å². The first kappa shape index (κ1) is 22.8. The SMILES string of the molecule is COc1ccc(C(=O)Nc2nc(-c3ccc4c(c3)CCO4)cs2)cc1S(=O)(=O)NC1CCCC1. The molecule has 0 atom stereocenters. The molecule has 0 saturated heterocycles. The fourth-order valence-corrected chi connectivity index (χ4v) is 6.55. The van der Waals surface area contributed by atoms with Gasteiger partial charge in [-0.1, -0.05) is 12.8 Å². The maximum Gasteiger partial charge on any atom is 0.257 e. The van der Waals surface area contributed by atoms with Crippen LogP contribution in [-0.2, 0) is 16.4 Å². The van der Waals surface area contributed by atoms with Crippen LogP contribution in [-0.4, -0.2) is 39.1 Å². The van der Waals surface area contributed by atoms with Gasteiger partial charge in [-0.15, -0.1) is 11.3 Å². The van der Waals surface area contributed by atoms with E-state index in [2.05, 4.69) is 21.1 Å². The number of rotatable bonds is 7. The van der Waals surface area contributed by atoms with Crippen LogP contribution in [0.3, 0.4) is 0 Å². The second-order valence-electron chi connectivity index (χ2n) is 8.38. The quantitative estimate of drug-likeness (QED) is 0.504. The largest absolute Gasteiger partial charge is 0.495 e. The van der Waals surface area contributed by atoms with Crippen LogP contribution < -0.4 is 19.5 Å². The lowest BCUT2D eigenvalue weighted by Gasteiger charge is -2.15. The van der Waals surface area contributed by atoms with Gasteiger partial charge in [-0.3, -0.25) is 10.1 Å². The Balaban J connectivity index is 1.34. The molecule has 8 nitrogen and oxygen atoms in total. The average Bonchev–Trinajstić information content (AvgIpc) is 3.60. The van der Waals surface area contributed by atoms with Crippen molar-refractivity contribution in [3.8, 4) is 22.8 Å². The molecule has 0 unspecified atom stereocenters. The third-order valence-corrected chi connectivity index (χ3v) is 8.40. The van der Waals surface area contributed by atoms with Gasteiger partial charge in [-0.2, -0.15) is 0 Å². The van der Waals surface area contributed by atoms with Gasteiger partial charge in [-0.25, -0.2) is 18.1 Å². The summed E-state index contributed by atoms with van der Waals surface area (Å²) in [5.41, 5.74) is 3.07. The highest BCUT2D eigenvalue weighted by atomic mass is 32.2. The van der Waals surface area contributed by atoms with E-state index in [0.29, 0.717) is 11.7 Å². The Hall–Kier alpha value is -2.95. The number of hydrogen-bond acceptors (Lipinski definition) is 7. The van der Waals surface area contributed by atoms with Crippen molar-refractivity contribution in [2.24, 2.45) is 0 Å². The number of aromatic nitrogens is 1. The summed E-state index contributed by atoms with van der Waals surface area (Å²) in [6, 6.07) is 10.2. The van der Waals surface area contributed by atoms with E-state index in [-0.39, 0.29) is 22.3 Å². The van der Waals surface area contributed by atoms with E-state index >= 15 is 0 Å². The Bertz CT molecular complexity index is 1330. The fourth-order valence-electron chi connectivity index (χ4n) is 4.33. The third-order valence-electron chi connectivity index (χ3n) is 6.10. The topological polar surface area (TPSA) is 107 Å². The molecular weight excluding hydrogens is 474 g/mol. The zero-order valence-corrected chi connectivity index (χ0v) is 20.3. The number of benzene rings is 2. The van der Waals surface area contributed by atoms with Crippen LogP contribution in [0.5, 0.6) is 11.5 Å². The molecule has 0 radical (unpaired) electrons. The highest BCUT2D eigenvalue weighted by molar-refractivity contribution is 7.89. The number of methoxy groups -OCH3 is 1. The molecule has 1 saturated carbocycles. The van der Waals surface area contributed by atoms with Gasteiger partial charge in [0.2, 0.25) is 10.0 Å². The third kappa shape index (κ3) is 4.66. The molecule has 1 aliphatic carbocycles. The lowest BCUT2D eigenvalue weighted by atomic mass is 10.1. The van der Waals surface area contributed by atoms with Gasteiger partial charge >= 0.3 is 0 Å². The number of sulfonamides is 1. The molecular formula is C24H25N3O5S2. The summed E-state index contributed by atoms with van der Waals surface area (Å²) < 4.78 is 39.6. The summed E-state index contributed by atoms with van der Waals surface area (Å²) in [7, 11) is -2.42. The Kier molecular flexibility index (Phi) is 6.28. The molecule has 2 aliphatic rings. The van der Waals surface area contributed by atoms with Crippen molar-refractivity contribution >= 4 is 32.4 Å². The average molecular weight is 500 g/mol. The van der Waals surface area contributed by atoms with E-state index in [1.165, 1.54) is 36.6 Å². The van der Waals surface area contributed by atoms with Crippen LogP contribution in [0.2, 0.25) is 0 Å². The summed E-state index contributed by atoms with van der Waals surface area (Å²) >= 11 is 1.31. The highest BCUT2D eigenvalue weighted by Crippen LogP contribution is 2.32. The van der Waals surface area contributed by atoms with Gasteiger partial charge in [0.1, 0.15) is 16.4 Å². The molecule has 5 rings (SSSR count). The molecule has 3 aromatic rings. The predicted octanol–water partition coefficient (Wildman–Crippen LogP) is 4.23. The molecule has 1 amide bonds. The van der Waals surface area contributed by atoms with Crippen LogP contribution in [0.25, 0.3) is 11.3 Å². The van der Waals surface area contributed by atoms with Crippen molar-refractivity contribution in [3.63, 3.8) is 0 Å². The maximum atomic E-state index is 13.0. The van der Waals surface area contributed by atoms with Gasteiger partial charge in [0.05, 0.1) is 19.4 Å². The lowest BCUT2D eigenvalue weighted by molar-refractivity contribution is 0.102. The molecule has 2 aromatic carbocycles. The minimum Gasteiger partial charge on any atom is -0.495 e. The molecule has 2 heterocycles. The smallest absolute Gasteiger partial charge is 0.257 e. The second-order valence-corrected chi connectivity index (χ2v) is 10.9. The number of nitrogens with one attached hydrogen (secondary N) is 2. The summed E-state index contributed by atoms with van der Waals surface area (Å²) in [5, 5.41) is 5.09. The normalized spacial score (nSPS) is 15.7. The molecule has 34 heavy (non-hydrogen) atoms. The molecule has 2 N–H and O–H groups in total. The van der Waals surface area contributed by atoms with Crippen molar-refractivity contribution in [1.29, 1.82) is 0 Å². The summed E-state index contributed by atoms with van der Waals surface area (Å²) in [6.07, 6.45) is 4.50. The van der Waals surface area contributed by atoms with E-state index in [9.17, 15) is 13.2 Å². The summed E-state index contributed by atoms with van der Waals surface area (Å²) in [6.45, 7) is 0.687. The Morgan fingerprint density at radius 1 is 1.18 bits per heavy atom. The molecule has 0 bridgehead atoms. The lowest BCUT2D eigenvalue weighted by Crippen LogP contribution is -2.33. The number of anilines is 1. The number of amides is 1. The van der Waals surface area contributed by atoms with Crippen molar-refractivity contribution in [3.05, 3.63) is 52.9 Å². The number of carbonyl (C=O) groups is 1. The fraction of sp³-hybridized carbons (Fsp3) is 0.333. The first-order chi connectivity index (χ1) is 16.4. The molecule has 10 heteroatoms. The van der Waals surface area contributed by atoms with Crippen molar-refractivity contribution in [2.75, 3.05) is 19.0 Å². The van der Waals surface area contributed by atoms with Gasteiger partial charge in [-0.05, 0) is 54.8 Å². The van der Waals surface area contributed by atoms with Crippen LogP contribution in [0.15, 0.2) is 46.7 Å². The van der Waals surface area contributed by atoms with E-state index in [1.54, 1.807) is 0 Å². The number of nitrogens with zero attached hydrogens (tertiary/aromatic N) is 1. The first-order valence-corrected chi connectivity index (χ1v) is 13.5. The van der Waals surface area contributed by atoms with Crippen LogP contribution >= 0.6 is 11.3 Å². The van der Waals surface area contributed by atoms with E-state index in [1.807, 2.05) is 17.5 Å². The van der Waals surface area contributed by atoms with Gasteiger partial charge in [0.15, 0.2) is 5.13 Å². The molecule has 0 spiro atoms. The zero-order valence-electron chi connectivity index (χ0n) is 18.7. The number of thiazole rings is 1. The monoisotopic (exact) mass is 499 g/mol. The van der Waals surface area contributed by atoms with Crippen molar-refractivity contribution in [1.82, 2.24) is 9.71 Å². The zero-order chi connectivity index (χ0) is 23.7. The van der Waals surface area contributed by atoms with Gasteiger partial charge in [0.25, 0.3) is 5.91 Å². The minimum atomic E-state index is -3.83. The van der Waals surface area contributed by atoms with Gasteiger partial charge < -0.3 is 9.47 Å². The standard InChI is InChI=1S/C24H25N3O5S2/c1-31-21-9-7-17(13-22(21)34(29,30)27-18-4-2-3-5-18)23(28)26-24-25-19(14-33-24)15-6-8-20-16(12-15)10-11-32-20/h6-9,12-14,18,27H,2-5,10-11H2,1H3,(H,25,26,28). The van der Waals surface area contributed by atoms with E-state index in [4.69, 9.17) is 9.47 Å². The van der Waals surface area contributed by atoms with Gasteiger partial charge in [0, 0.05) is 29.0 Å². The Morgan fingerprint density at radius 3 is 2.79 bits per heavy atom. The minimum absolute atomic E-state index is 0.0465. The Labute approximate surface area is 202 Å². The van der Waals surface area contributed by atoms with Crippen LogP contribution in [0.4, 0.5) is 5.13 Å². The predicted molar refractivity (Wildman–Crippen MR) is 130 cm³/mol.